The molecule has 172 valence electrons. The molecule has 0 radical (unpaired) electrons. The Morgan fingerprint density at radius 3 is 2.47 bits per heavy atom. The molecule has 0 saturated heterocycles. The maximum atomic E-state index is 13.1. The van der Waals surface area contributed by atoms with Crippen LogP contribution in [0.25, 0.3) is 0 Å². The van der Waals surface area contributed by atoms with Crippen LogP contribution in [0.15, 0.2) is 42.5 Å². The van der Waals surface area contributed by atoms with Gasteiger partial charge in [-0.15, -0.1) is 0 Å². The van der Waals surface area contributed by atoms with Crippen LogP contribution < -0.4 is 4.74 Å². The second-order valence-electron chi connectivity index (χ2n) is 9.61. The molecule has 1 aromatic carbocycles. The van der Waals surface area contributed by atoms with Crippen LogP contribution in [0.5, 0.6) is 5.88 Å². The van der Waals surface area contributed by atoms with Crippen LogP contribution in [-0.4, -0.2) is 46.6 Å². The van der Waals surface area contributed by atoms with Crippen LogP contribution in [0, 0.1) is 5.92 Å². The highest BCUT2D eigenvalue weighted by atomic mass is 16.5. The molecule has 2 aliphatic rings. The molecule has 32 heavy (non-hydrogen) atoms. The summed E-state index contributed by atoms with van der Waals surface area (Å²) < 4.78 is 11.0. The minimum atomic E-state index is -0.802. The number of aliphatic hydroxyl groups excluding tert-OH is 2. The monoisotopic (exact) mass is 439 g/mol. The molecule has 0 spiro atoms. The summed E-state index contributed by atoms with van der Waals surface area (Å²) in [5.41, 5.74) is 2.49. The zero-order chi connectivity index (χ0) is 22.9. The van der Waals surface area contributed by atoms with Gasteiger partial charge >= 0.3 is 5.97 Å². The number of nitrogens with zero attached hydrogens (tertiary/aromatic N) is 1. The van der Waals surface area contributed by atoms with E-state index in [-0.39, 0.29) is 17.4 Å². The number of carbonyl (C=O) groups excluding carboxylic acids is 1. The first-order valence-corrected chi connectivity index (χ1v) is 11.5. The van der Waals surface area contributed by atoms with E-state index < -0.39 is 24.1 Å². The molecule has 5 atom stereocenters. The number of fused-ring (bicyclic) bond motifs is 1. The lowest BCUT2D eigenvalue weighted by atomic mass is 9.66. The molecule has 1 heterocycles. The largest absolute Gasteiger partial charge is 0.481 e. The Hall–Kier alpha value is -2.44. The molecule has 2 aliphatic carbocycles. The number of aromatic nitrogens is 1. The van der Waals surface area contributed by atoms with Gasteiger partial charge in [0, 0.05) is 18.2 Å². The van der Waals surface area contributed by atoms with Gasteiger partial charge in [0.2, 0.25) is 5.88 Å². The van der Waals surface area contributed by atoms with Gasteiger partial charge in [-0.05, 0) is 48.1 Å². The topological polar surface area (TPSA) is 88.9 Å². The van der Waals surface area contributed by atoms with Crippen LogP contribution >= 0.6 is 0 Å². The molecule has 0 bridgehead atoms. The minimum Gasteiger partial charge on any atom is -0.481 e. The van der Waals surface area contributed by atoms with Crippen molar-refractivity contribution in [1.82, 2.24) is 4.98 Å². The van der Waals surface area contributed by atoms with E-state index in [1.165, 1.54) is 5.56 Å². The number of hydrogen-bond acceptors (Lipinski definition) is 6. The molecule has 4 rings (SSSR count). The van der Waals surface area contributed by atoms with E-state index in [0.717, 1.165) is 12.1 Å². The molecule has 0 aliphatic heterocycles. The van der Waals surface area contributed by atoms with Gasteiger partial charge in [0.25, 0.3) is 0 Å². The smallest absolute Gasteiger partial charge is 0.316 e. The zero-order valence-corrected chi connectivity index (χ0v) is 19.0. The molecule has 1 saturated carbocycles. The van der Waals surface area contributed by atoms with Gasteiger partial charge in [-0.1, -0.05) is 50.2 Å². The van der Waals surface area contributed by atoms with Crippen molar-refractivity contribution in [2.24, 2.45) is 5.92 Å². The van der Waals surface area contributed by atoms with E-state index in [2.05, 4.69) is 31.0 Å². The van der Waals surface area contributed by atoms with E-state index in [0.29, 0.717) is 37.1 Å². The number of esters is 1. The molecular formula is C26H33NO5. The molecule has 1 fully saturated rings. The summed E-state index contributed by atoms with van der Waals surface area (Å²) in [5.74, 6) is -0.622. The molecule has 1 aromatic heterocycles. The Morgan fingerprint density at radius 2 is 1.78 bits per heavy atom. The number of aliphatic hydroxyl groups is 2. The van der Waals surface area contributed by atoms with Gasteiger partial charge in [-0.25, -0.2) is 4.98 Å². The normalized spacial score (nSPS) is 28.0. The summed E-state index contributed by atoms with van der Waals surface area (Å²) in [6, 6.07) is 13.7. The Kier molecular flexibility index (Phi) is 6.54. The van der Waals surface area contributed by atoms with Crippen molar-refractivity contribution in [1.29, 1.82) is 0 Å². The van der Waals surface area contributed by atoms with Crippen molar-refractivity contribution in [3.63, 3.8) is 0 Å². The van der Waals surface area contributed by atoms with Crippen LogP contribution in [0.3, 0.4) is 0 Å². The highest BCUT2D eigenvalue weighted by Gasteiger charge is 2.42. The lowest BCUT2D eigenvalue weighted by Crippen LogP contribution is -2.44. The average Bonchev–Trinajstić information content (AvgIpc) is 2.79. The molecule has 6 nitrogen and oxygen atoms in total. The fourth-order valence-electron chi connectivity index (χ4n) is 5.41. The first kappa shape index (κ1) is 22.7. The Morgan fingerprint density at radius 1 is 1.03 bits per heavy atom. The first-order chi connectivity index (χ1) is 15.3. The predicted molar refractivity (Wildman–Crippen MR) is 121 cm³/mol. The van der Waals surface area contributed by atoms with Crippen LogP contribution in [0.1, 0.15) is 62.3 Å². The zero-order valence-electron chi connectivity index (χ0n) is 19.0. The molecule has 2 N–H and O–H groups in total. The van der Waals surface area contributed by atoms with Gasteiger partial charge in [0.15, 0.2) is 0 Å². The van der Waals surface area contributed by atoms with Crippen molar-refractivity contribution in [2.75, 3.05) is 7.11 Å². The predicted octanol–water partition coefficient (Wildman–Crippen LogP) is 3.53. The summed E-state index contributed by atoms with van der Waals surface area (Å²) in [7, 11) is 1.55. The standard InChI is InChI=1S/C26H33NO5/c1-26(2,16-7-5-4-6-8-16)19-11-9-17(15-22(19)29)32-25(30)24-18-10-14-23(31-3)27-20(18)12-13-21(24)28/h4-8,10,14,17,19,21-22,24,28-29H,9,11-13,15H2,1-3H3/t17-,19-,21?,22-,24?/m1/s1. The van der Waals surface area contributed by atoms with Crippen molar-refractivity contribution in [3.8, 4) is 5.88 Å². The summed E-state index contributed by atoms with van der Waals surface area (Å²) in [6.45, 7) is 4.33. The van der Waals surface area contributed by atoms with E-state index in [9.17, 15) is 15.0 Å². The van der Waals surface area contributed by atoms with E-state index in [1.807, 2.05) is 18.2 Å². The quantitative estimate of drug-likeness (QED) is 0.693. The molecule has 2 unspecified atom stereocenters. The van der Waals surface area contributed by atoms with Crippen LogP contribution in [0.2, 0.25) is 0 Å². The average molecular weight is 440 g/mol. The van der Waals surface area contributed by atoms with E-state index >= 15 is 0 Å². The summed E-state index contributed by atoms with van der Waals surface area (Å²) >= 11 is 0. The second-order valence-corrected chi connectivity index (χ2v) is 9.61. The number of rotatable bonds is 5. The van der Waals surface area contributed by atoms with Gasteiger partial charge < -0.3 is 19.7 Å². The lowest BCUT2D eigenvalue weighted by molar-refractivity contribution is -0.159. The lowest BCUT2D eigenvalue weighted by Gasteiger charge is -2.43. The van der Waals surface area contributed by atoms with Crippen LogP contribution in [-0.2, 0) is 21.4 Å². The molecular weight excluding hydrogens is 406 g/mol. The highest BCUT2D eigenvalue weighted by Crippen LogP contribution is 2.42. The van der Waals surface area contributed by atoms with Crippen molar-refractivity contribution < 1.29 is 24.5 Å². The van der Waals surface area contributed by atoms with Crippen LogP contribution in [0.4, 0.5) is 0 Å². The van der Waals surface area contributed by atoms with Gasteiger partial charge in [-0.3, -0.25) is 4.79 Å². The molecule has 2 aromatic rings. The fraction of sp³-hybridized carbons (Fsp3) is 0.538. The first-order valence-electron chi connectivity index (χ1n) is 11.5. The highest BCUT2D eigenvalue weighted by molar-refractivity contribution is 5.80. The SMILES string of the molecule is COc1ccc2c(n1)CCC(O)C2C(=O)O[C@@H]1CC[C@@H](C(C)(C)c2ccccc2)[C@H](O)C1. The number of aryl methyl sites for hydroxylation is 1. The number of methoxy groups -OCH3 is 1. The van der Waals surface area contributed by atoms with Crippen molar-refractivity contribution >= 4 is 5.97 Å². The van der Waals surface area contributed by atoms with E-state index in [4.69, 9.17) is 9.47 Å². The minimum absolute atomic E-state index is 0.0810. The van der Waals surface area contributed by atoms with Gasteiger partial charge in [-0.2, -0.15) is 0 Å². The third-order valence-corrected chi connectivity index (χ3v) is 7.34. The van der Waals surface area contributed by atoms with Crippen molar-refractivity contribution in [2.45, 2.75) is 75.6 Å². The maximum absolute atomic E-state index is 13.1. The summed E-state index contributed by atoms with van der Waals surface area (Å²) in [4.78, 5) is 17.5. The number of carbonyl (C=O) groups is 1. The van der Waals surface area contributed by atoms with E-state index in [1.54, 1.807) is 19.2 Å². The number of pyridine rings is 1. The summed E-state index contributed by atoms with van der Waals surface area (Å²) in [6.07, 6.45) is 1.19. The fourth-order valence-corrected chi connectivity index (χ4v) is 5.41. The van der Waals surface area contributed by atoms with Crippen molar-refractivity contribution in [3.05, 3.63) is 59.3 Å². The summed E-state index contributed by atoms with van der Waals surface area (Å²) in [5, 5.41) is 21.5. The molecule has 6 heteroatoms. The Balaban J connectivity index is 1.44. The maximum Gasteiger partial charge on any atom is 0.316 e. The molecule has 0 amide bonds. The number of benzene rings is 1. The Labute approximate surface area is 189 Å². The van der Waals surface area contributed by atoms with Gasteiger partial charge in [0.05, 0.1) is 19.3 Å². The number of hydrogen-bond donors (Lipinski definition) is 2. The third-order valence-electron chi connectivity index (χ3n) is 7.34. The Bertz CT molecular complexity index is 944. The second kappa shape index (κ2) is 9.20. The third kappa shape index (κ3) is 4.39. The number of ether oxygens (including phenoxy) is 2. The van der Waals surface area contributed by atoms with Gasteiger partial charge in [0.1, 0.15) is 12.0 Å².